The van der Waals surface area contributed by atoms with Crippen LogP contribution < -0.4 is 5.73 Å². The molecular formula is C14H21NO2. The van der Waals surface area contributed by atoms with Crippen LogP contribution in [0.5, 0.6) is 0 Å². The third-order valence-electron chi connectivity index (χ3n) is 3.55. The van der Waals surface area contributed by atoms with Crippen LogP contribution in [-0.2, 0) is 16.0 Å². The maximum absolute atomic E-state index is 6.10. The van der Waals surface area contributed by atoms with Crippen molar-refractivity contribution in [1.29, 1.82) is 0 Å². The van der Waals surface area contributed by atoms with E-state index >= 15 is 0 Å². The zero-order chi connectivity index (χ0) is 12.3. The molecule has 0 spiro atoms. The molecule has 1 unspecified atom stereocenters. The molecule has 94 valence electrons. The fourth-order valence-corrected chi connectivity index (χ4v) is 2.36. The smallest absolute Gasteiger partial charge is 0.168 e. The maximum Gasteiger partial charge on any atom is 0.168 e. The van der Waals surface area contributed by atoms with Crippen LogP contribution in [0.15, 0.2) is 24.3 Å². The van der Waals surface area contributed by atoms with Crippen molar-refractivity contribution in [2.45, 2.75) is 45.1 Å². The molecule has 1 heterocycles. The third-order valence-corrected chi connectivity index (χ3v) is 3.55. The molecule has 1 atom stereocenters. The van der Waals surface area contributed by atoms with Gasteiger partial charge in [0.2, 0.25) is 0 Å². The number of nitrogens with two attached hydrogens (primary N) is 1. The van der Waals surface area contributed by atoms with Crippen molar-refractivity contribution in [3.63, 3.8) is 0 Å². The minimum Gasteiger partial charge on any atom is -0.347 e. The van der Waals surface area contributed by atoms with Crippen LogP contribution in [0.25, 0.3) is 0 Å². The van der Waals surface area contributed by atoms with Crippen LogP contribution in [0.3, 0.4) is 0 Å². The molecule has 0 amide bonds. The lowest BCUT2D eigenvalue weighted by molar-refractivity contribution is -0.172. The van der Waals surface area contributed by atoms with Gasteiger partial charge in [-0.15, -0.1) is 0 Å². The predicted octanol–water partition coefficient (Wildman–Crippen LogP) is 2.75. The highest BCUT2D eigenvalue weighted by molar-refractivity contribution is 5.29. The Morgan fingerprint density at radius 2 is 2.00 bits per heavy atom. The summed E-state index contributed by atoms with van der Waals surface area (Å²) in [5, 5.41) is 0. The van der Waals surface area contributed by atoms with Gasteiger partial charge in [0, 0.05) is 6.54 Å². The van der Waals surface area contributed by atoms with Gasteiger partial charge >= 0.3 is 0 Å². The Hall–Kier alpha value is -0.900. The van der Waals surface area contributed by atoms with Crippen LogP contribution in [0.1, 0.15) is 43.9 Å². The molecular weight excluding hydrogens is 214 g/mol. The summed E-state index contributed by atoms with van der Waals surface area (Å²) in [7, 11) is 0. The van der Waals surface area contributed by atoms with Crippen molar-refractivity contribution in [2.24, 2.45) is 5.73 Å². The Morgan fingerprint density at radius 1 is 1.29 bits per heavy atom. The van der Waals surface area contributed by atoms with Crippen LogP contribution in [0.2, 0.25) is 0 Å². The van der Waals surface area contributed by atoms with E-state index in [9.17, 15) is 0 Å². The van der Waals surface area contributed by atoms with E-state index in [4.69, 9.17) is 15.2 Å². The molecule has 2 N–H and O–H groups in total. The molecule has 0 saturated carbocycles. The second-order valence-corrected chi connectivity index (χ2v) is 4.44. The first-order chi connectivity index (χ1) is 8.24. The van der Waals surface area contributed by atoms with Gasteiger partial charge in [-0.25, -0.2) is 0 Å². The number of ether oxygens (including phenoxy) is 2. The van der Waals surface area contributed by atoms with Crippen molar-refractivity contribution < 1.29 is 9.47 Å². The Bertz CT molecular complexity index is 374. The average molecular weight is 235 g/mol. The molecule has 0 aromatic heterocycles. The number of hydrogen-bond donors (Lipinski definition) is 1. The first-order valence-corrected chi connectivity index (χ1v) is 6.34. The van der Waals surface area contributed by atoms with Gasteiger partial charge in [-0.2, -0.15) is 0 Å². The quantitative estimate of drug-likeness (QED) is 0.872. The van der Waals surface area contributed by atoms with E-state index in [1.165, 1.54) is 5.56 Å². The standard InChI is InChI=1S/C14H21NO2/c1-3-14(4-2)16-10-13(17-14)12-8-6-5-7-11(12)9-15/h5-8,13H,3-4,9-10,15H2,1-2H3. The minimum atomic E-state index is -0.396. The van der Waals surface area contributed by atoms with Gasteiger partial charge in [0.1, 0.15) is 6.10 Å². The van der Waals surface area contributed by atoms with Crippen molar-refractivity contribution in [3.8, 4) is 0 Å². The van der Waals surface area contributed by atoms with Crippen LogP contribution >= 0.6 is 0 Å². The van der Waals surface area contributed by atoms with Gasteiger partial charge in [0.15, 0.2) is 5.79 Å². The topological polar surface area (TPSA) is 44.5 Å². The number of benzene rings is 1. The summed E-state index contributed by atoms with van der Waals surface area (Å²) in [5.74, 6) is -0.396. The Morgan fingerprint density at radius 3 is 2.59 bits per heavy atom. The van der Waals surface area contributed by atoms with Gasteiger partial charge in [-0.3, -0.25) is 0 Å². The number of rotatable bonds is 4. The molecule has 17 heavy (non-hydrogen) atoms. The largest absolute Gasteiger partial charge is 0.347 e. The SMILES string of the molecule is CCC1(CC)OCC(c2ccccc2CN)O1. The van der Waals surface area contributed by atoms with Crippen molar-refractivity contribution >= 4 is 0 Å². The molecule has 1 fully saturated rings. The van der Waals surface area contributed by atoms with Crippen molar-refractivity contribution in [1.82, 2.24) is 0 Å². The van der Waals surface area contributed by atoms with E-state index in [-0.39, 0.29) is 6.10 Å². The highest BCUT2D eigenvalue weighted by Gasteiger charge is 2.39. The van der Waals surface area contributed by atoms with Gasteiger partial charge < -0.3 is 15.2 Å². The third kappa shape index (κ3) is 2.37. The summed E-state index contributed by atoms with van der Waals surface area (Å²) >= 11 is 0. The summed E-state index contributed by atoms with van der Waals surface area (Å²) in [6.07, 6.45) is 1.78. The van der Waals surface area contributed by atoms with E-state index < -0.39 is 5.79 Å². The molecule has 0 aliphatic carbocycles. The zero-order valence-corrected chi connectivity index (χ0v) is 10.6. The van der Waals surface area contributed by atoms with Crippen LogP contribution in [-0.4, -0.2) is 12.4 Å². The van der Waals surface area contributed by atoms with Crippen LogP contribution in [0.4, 0.5) is 0 Å². The van der Waals surface area contributed by atoms with E-state index in [1.807, 2.05) is 12.1 Å². The molecule has 3 heteroatoms. The lowest BCUT2D eigenvalue weighted by Crippen LogP contribution is -2.28. The highest BCUT2D eigenvalue weighted by Crippen LogP contribution is 2.38. The van der Waals surface area contributed by atoms with E-state index in [0.717, 1.165) is 18.4 Å². The molecule has 1 aliphatic heterocycles. The predicted molar refractivity (Wildman–Crippen MR) is 67.4 cm³/mol. The molecule has 0 radical (unpaired) electrons. The summed E-state index contributed by atoms with van der Waals surface area (Å²) in [6, 6.07) is 8.17. The van der Waals surface area contributed by atoms with Gasteiger partial charge in [-0.1, -0.05) is 38.1 Å². The highest BCUT2D eigenvalue weighted by atomic mass is 16.7. The average Bonchev–Trinajstić information content (AvgIpc) is 2.83. The molecule has 1 aliphatic rings. The van der Waals surface area contributed by atoms with E-state index in [0.29, 0.717) is 13.2 Å². The Labute approximate surface area is 103 Å². The summed E-state index contributed by atoms with van der Waals surface area (Å²) in [5.41, 5.74) is 8.06. The van der Waals surface area contributed by atoms with Gasteiger partial charge in [0.25, 0.3) is 0 Å². The molecule has 1 aromatic carbocycles. The van der Waals surface area contributed by atoms with Crippen molar-refractivity contribution in [2.75, 3.05) is 6.61 Å². The number of hydrogen-bond acceptors (Lipinski definition) is 3. The maximum atomic E-state index is 6.10. The lowest BCUT2D eigenvalue weighted by atomic mass is 10.0. The van der Waals surface area contributed by atoms with Crippen LogP contribution in [0, 0.1) is 0 Å². The molecule has 1 aromatic rings. The molecule has 1 saturated heterocycles. The molecule has 2 rings (SSSR count). The summed E-state index contributed by atoms with van der Waals surface area (Å²) in [6.45, 7) is 5.36. The molecule has 3 nitrogen and oxygen atoms in total. The van der Waals surface area contributed by atoms with E-state index in [1.54, 1.807) is 0 Å². The first kappa shape index (κ1) is 12.6. The summed E-state index contributed by atoms with van der Waals surface area (Å²) in [4.78, 5) is 0. The Kier molecular flexibility index (Phi) is 3.82. The second-order valence-electron chi connectivity index (χ2n) is 4.44. The Balaban J connectivity index is 2.20. The zero-order valence-electron chi connectivity index (χ0n) is 10.6. The fourth-order valence-electron chi connectivity index (χ4n) is 2.36. The minimum absolute atomic E-state index is 0.0228. The monoisotopic (exact) mass is 235 g/mol. The normalized spacial score (nSPS) is 22.9. The molecule has 0 bridgehead atoms. The summed E-state index contributed by atoms with van der Waals surface area (Å²) < 4.78 is 11.9. The second kappa shape index (κ2) is 5.17. The van der Waals surface area contributed by atoms with Gasteiger partial charge in [0.05, 0.1) is 6.61 Å². The fraction of sp³-hybridized carbons (Fsp3) is 0.571. The lowest BCUT2D eigenvalue weighted by Gasteiger charge is -2.25. The first-order valence-electron chi connectivity index (χ1n) is 6.34. The van der Waals surface area contributed by atoms with Crippen molar-refractivity contribution in [3.05, 3.63) is 35.4 Å². The van der Waals surface area contributed by atoms with Gasteiger partial charge in [-0.05, 0) is 24.0 Å². The van der Waals surface area contributed by atoms with E-state index in [2.05, 4.69) is 26.0 Å².